The van der Waals surface area contributed by atoms with Crippen molar-refractivity contribution in [1.29, 1.82) is 0 Å². The molecule has 5 heteroatoms. The van der Waals surface area contributed by atoms with Crippen molar-refractivity contribution in [2.45, 2.75) is 32.3 Å². The number of nitrogens with zero attached hydrogens (tertiary/aromatic N) is 1. The molecular weight excluding hydrogens is 196 g/mol. The monoisotopic (exact) mass is 214 g/mol. The molecule has 1 aliphatic heterocycles. The highest BCUT2D eigenvalue weighted by Gasteiger charge is 2.27. The van der Waals surface area contributed by atoms with Crippen LogP contribution in [0.5, 0.6) is 0 Å². The average Bonchev–Trinajstić information content (AvgIpc) is 2.46. The van der Waals surface area contributed by atoms with Crippen LogP contribution in [0.1, 0.15) is 26.2 Å². The molecule has 0 saturated carbocycles. The number of ether oxygens (including phenoxy) is 1. The number of likely N-dealkylation sites (N-methyl/N-ethyl adjacent to an activating group) is 1. The zero-order valence-electron chi connectivity index (χ0n) is 9.28. The topological polar surface area (TPSA) is 58.6 Å². The van der Waals surface area contributed by atoms with Crippen molar-refractivity contribution >= 4 is 12.0 Å². The summed E-state index contributed by atoms with van der Waals surface area (Å²) >= 11 is 0. The van der Waals surface area contributed by atoms with Crippen LogP contribution < -0.4 is 5.32 Å². The predicted octanol–water partition coefficient (Wildman–Crippen LogP) is 0.743. The maximum atomic E-state index is 11.1. The van der Waals surface area contributed by atoms with Gasteiger partial charge in [-0.1, -0.05) is 6.92 Å². The highest BCUT2D eigenvalue weighted by molar-refractivity contribution is 5.75. The summed E-state index contributed by atoms with van der Waals surface area (Å²) in [6.07, 6.45) is 1.74. The lowest BCUT2D eigenvalue weighted by Gasteiger charge is -2.08. The van der Waals surface area contributed by atoms with Crippen molar-refractivity contribution in [2.75, 3.05) is 20.1 Å². The number of carbonyl (C=O) groups is 2. The molecule has 1 heterocycles. The SMILES string of the molecule is CCCC(=O)NCCC1CN(C)C(=O)O1. The Bertz CT molecular complexity index is 243. The second kappa shape index (κ2) is 5.58. The van der Waals surface area contributed by atoms with Crippen molar-refractivity contribution < 1.29 is 14.3 Å². The summed E-state index contributed by atoms with van der Waals surface area (Å²) in [6, 6.07) is 0. The average molecular weight is 214 g/mol. The fourth-order valence-corrected chi connectivity index (χ4v) is 1.49. The van der Waals surface area contributed by atoms with E-state index in [2.05, 4.69) is 5.32 Å². The van der Waals surface area contributed by atoms with Gasteiger partial charge in [0, 0.05) is 26.4 Å². The first-order chi connectivity index (χ1) is 7.13. The Balaban J connectivity index is 2.11. The summed E-state index contributed by atoms with van der Waals surface area (Å²) in [4.78, 5) is 23.7. The molecule has 1 saturated heterocycles. The Morgan fingerprint density at radius 3 is 2.93 bits per heavy atom. The molecule has 0 radical (unpaired) electrons. The van der Waals surface area contributed by atoms with Crippen LogP contribution in [-0.2, 0) is 9.53 Å². The second-order valence-corrected chi connectivity index (χ2v) is 3.77. The van der Waals surface area contributed by atoms with Crippen molar-refractivity contribution in [1.82, 2.24) is 10.2 Å². The quantitative estimate of drug-likeness (QED) is 0.734. The van der Waals surface area contributed by atoms with Gasteiger partial charge in [0.1, 0.15) is 6.10 Å². The van der Waals surface area contributed by atoms with Gasteiger partial charge < -0.3 is 15.0 Å². The first-order valence-electron chi connectivity index (χ1n) is 5.32. The molecule has 0 aromatic heterocycles. The minimum absolute atomic E-state index is 0.0650. The molecule has 1 fully saturated rings. The van der Waals surface area contributed by atoms with Crippen LogP contribution in [0.15, 0.2) is 0 Å². The Hall–Kier alpha value is -1.26. The largest absolute Gasteiger partial charge is 0.444 e. The number of cyclic esters (lactones) is 1. The standard InChI is InChI=1S/C10H18N2O3/c1-3-4-9(13)11-6-5-8-7-12(2)10(14)15-8/h8H,3-7H2,1-2H3,(H,11,13). The molecule has 1 atom stereocenters. The Morgan fingerprint density at radius 2 is 2.40 bits per heavy atom. The van der Waals surface area contributed by atoms with E-state index in [0.29, 0.717) is 25.9 Å². The van der Waals surface area contributed by atoms with E-state index in [9.17, 15) is 9.59 Å². The van der Waals surface area contributed by atoms with Crippen LogP contribution in [-0.4, -0.2) is 43.1 Å². The summed E-state index contributed by atoms with van der Waals surface area (Å²) in [5.41, 5.74) is 0. The lowest BCUT2D eigenvalue weighted by atomic mass is 10.2. The van der Waals surface area contributed by atoms with Crippen molar-refractivity contribution in [3.05, 3.63) is 0 Å². The maximum Gasteiger partial charge on any atom is 0.409 e. The summed E-state index contributed by atoms with van der Waals surface area (Å²) in [7, 11) is 1.71. The first kappa shape index (κ1) is 11.8. The van der Waals surface area contributed by atoms with Crippen molar-refractivity contribution in [3.63, 3.8) is 0 Å². The summed E-state index contributed by atoms with van der Waals surface area (Å²) in [5.74, 6) is 0.0650. The van der Waals surface area contributed by atoms with Gasteiger partial charge in [-0.25, -0.2) is 4.79 Å². The number of amides is 2. The lowest BCUT2D eigenvalue weighted by molar-refractivity contribution is -0.121. The van der Waals surface area contributed by atoms with E-state index < -0.39 is 0 Å². The van der Waals surface area contributed by atoms with Crippen molar-refractivity contribution in [2.24, 2.45) is 0 Å². The van der Waals surface area contributed by atoms with Crippen LogP contribution >= 0.6 is 0 Å². The van der Waals surface area contributed by atoms with E-state index >= 15 is 0 Å². The van der Waals surface area contributed by atoms with E-state index in [-0.39, 0.29) is 18.1 Å². The molecular formula is C10H18N2O3. The minimum Gasteiger partial charge on any atom is -0.444 e. The third-order valence-corrected chi connectivity index (χ3v) is 2.32. The molecule has 86 valence electrons. The zero-order chi connectivity index (χ0) is 11.3. The molecule has 1 rings (SSSR count). The van der Waals surface area contributed by atoms with Gasteiger partial charge in [-0.2, -0.15) is 0 Å². The third kappa shape index (κ3) is 3.77. The minimum atomic E-state index is -0.278. The first-order valence-corrected chi connectivity index (χ1v) is 5.32. The second-order valence-electron chi connectivity index (χ2n) is 3.77. The molecule has 0 spiro atoms. The third-order valence-electron chi connectivity index (χ3n) is 2.32. The van der Waals surface area contributed by atoms with Gasteiger partial charge in [0.2, 0.25) is 5.91 Å². The van der Waals surface area contributed by atoms with Gasteiger partial charge in [0.25, 0.3) is 0 Å². The van der Waals surface area contributed by atoms with E-state index in [1.807, 2.05) is 6.92 Å². The van der Waals surface area contributed by atoms with Crippen molar-refractivity contribution in [3.8, 4) is 0 Å². The smallest absolute Gasteiger partial charge is 0.409 e. The number of carbonyl (C=O) groups excluding carboxylic acids is 2. The van der Waals surface area contributed by atoms with Gasteiger partial charge in [0.15, 0.2) is 0 Å². The van der Waals surface area contributed by atoms with Gasteiger partial charge in [-0.15, -0.1) is 0 Å². The predicted molar refractivity (Wildman–Crippen MR) is 55.4 cm³/mol. The molecule has 0 aliphatic carbocycles. The normalized spacial score (nSPS) is 20.3. The van der Waals surface area contributed by atoms with Gasteiger partial charge in [-0.05, 0) is 6.42 Å². The van der Waals surface area contributed by atoms with Crippen LogP contribution in [0.3, 0.4) is 0 Å². The number of rotatable bonds is 5. The van der Waals surface area contributed by atoms with Crippen LogP contribution in [0.25, 0.3) is 0 Å². The summed E-state index contributed by atoms with van der Waals surface area (Å²) < 4.78 is 5.05. The molecule has 0 aromatic carbocycles. The Morgan fingerprint density at radius 1 is 1.67 bits per heavy atom. The number of hydrogen-bond acceptors (Lipinski definition) is 3. The molecule has 0 aromatic rings. The summed E-state index contributed by atoms with van der Waals surface area (Å²) in [6.45, 7) is 3.15. The van der Waals surface area contributed by atoms with Gasteiger partial charge in [0.05, 0.1) is 6.54 Å². The van der Waals surface area contributed by atoms with Gasteiger partial charge in [-0.3, -0.25) is 4.79 Å². The molecule has 1 aliphatic rings. The molecule has 15 heavy (non-hydrogen) atoms. The van der Waals surface area contributed by atoms with Crippen LogP contribution in [0, 0.1) is 0 Å². The maximum absolute atomic E-state index is 11.1. The van der Waals surface area contributed by atoms with E-state index in [1.54, 1.807) is 11.9 Å². The zero-order valence-corrected chi connectivity index (χ0v) is 9.28. The summed E-state index contributed by atoms with van der Waals surface area (Å²) in [5, 5.41) is 2.79. The molecule has 1 unspecified atom stereocenters. The fourth-order valence-electron chi connectivity index (χ4n) is 1.49. The van der Waals surface area contributed by atoms with E-state index in [4.69, 9.17) is 4.74 Å². The van der Waals surface area contributed by atoms with Gasteiger partial charge >= 0.3 is 6.09 Å². The lowest BCUT2D eigenvalue weighted by Crippen LogP contribution is -2.28. The highest BCUT2D eigenvalue weighted by atomic mass is 16.6. The van der Waals surface area contributed by atoms with Crippen LogP contribution in [0.2, 0.25) is 0 Å². The molecule has 5 nitrogen and oxygen atoms in total. The highest BCUT2D eigenvalue weighted by Crippen LogP contribution is 2.10. The van der Waals surface area contributed by atoms with E-state index in [0.717, 1.165) is 6.42 Å². The Labute approximate surface area is 89.8 Å². The molecule has 0 bridgehead atoms. The molecule has 2 amide bonds. The van der Waals surface area contributed by atoms with E-state index in [1.165, 1.54) is 0 Å². The Kier molecular flexibility index (Phi) is 4.39. The molecule has 1 N–H and O–H groups in total. The van der Waals surface area contributed by atoms with Crippen LogP contribution in [0.4, 0.5) is 4.79 Å². The number of nitrogens with one attached hydrogen (secondary N) is 1. The fraction of sp³-hybridized carbons (Fsp3) is 0.800. The number of hydrogen-bond donors (Lipinski definition) is 1.